The minimum absolute atomic E-state index is 0.0157. The van der Waals surface area contributed by atoms with E-state index < -0.39 is 11.4 Å². The van der Waals surface area contributed by atoms with Crippen molar-refractivity contribution in [1.82, 2.24) is 25.3 Å². The van der Waals surface area contributed by atoms with Gasteiger partial charge in [0.1, 0.15) is 5.82 Å². The Morgan fingerprint density at radius 1 is 1.08 bits per heavy atom. The quantitative estimate of drug-likeness (QED) is 0.596. The maximum Gasteiger partial charge on any atom is 0.267 e. The second kappa shape index (κ2) is 11.1. The summed E-state index contributed by atoms with van der Waals surface area (Å²) in [4.78, 5) is 42.0. The number of rotatable bonds is 7. The van der Waals surface area contributed by atoms with Crippen molar-refractivity contribution in [2.75, 3.05) is 32.7 Å². The number of piperazine rings is 1. The summed E-state index contributed by atoms with van der Waals surface area (Å²) in [6, 6.07) is 4.51. The van der Waals surface area contributed by atoms with Crippen molar-refractivity contribution in [3.05, 3.63) is 62.3 Å². The van der Waals surface area contributed by atoms with Crippen LogP contribution in [0.15, 0.2) is 23.0 Å². The molecule has 200 valence electrons. The highest BCUT2D eigenvalue weighted by Crippen LogP contribution is 2.32. The molecule has 2 aromatic rings. The van der Waals surface area contributed by atoms with E-state index in [2.05, 4.69) is 29.4 Å². The standard InChI is InChI=1S/C28H38FN5O3/c1-18(2)17-30-28(9-5-6-10-28)27(37)34-13-11-33(12-14-34)26(36)22-15-21(7-8-23(22)29)16-24-19(3)20(4)25(35)32-31-24/h7-8,15,18,30H,5-6,9-14,16-17H2,1-4H3,(H,32,35). The number of carbonyl (C=O) groups excluding carboxylic acids is 2. The van der Waals surface area contributed by atoms with Crippen LogP contribution in [0, 0.1) is 25.6 Å². The minimum atomic E-state index is -0.572. The van der Waals surface area contributed by atoms with Crippen LogP contribution in [0.3, 0.4) is 0 Å². The summed E-state index contributed by atoms with van der Waals surface area (Å²) in [5.41, 5.74) is 2.08. The molecule has 2 aliphatic rings. The molecule has 1 aromatic carbocycles. The van der Waals surface area contributed by atoms with Gasteiger partial charge in [-0.2, -0.15) is 5.10 Å². The molecular formula is C28H38FN5O3. The molecule has 2 N–H and O–H groups in total. The van der Waals surface area contributed by atoms with E-state index in [-0.39, 0.29) is 22.9 Å². The molecule has 1 saturated heterocycles. The average Bonchev–Trinajstić information content (AvgIpc) is 3.38. The molecule has 0 atom stereocenters. The molecule has 1 aliphatic carbocycles. The molecule has 37 heavy (non-hydrogen) atoms. The van der Waals surface area contributed by atoms with Gasteiger partial charge in [-0.15, -0.1) is 0 Å². The van der Waals surface area contributed by atoms with Crippen LogP contribution in [-0.4, -0.2) is 70.1 Å². The van der Waals surface area contributed by atoms with Crippen LogP contribution in [0.1, 0.15) is 72.3 Å². The third kappa shape index (κ3) is 5.76. The van der Waals surface area contributed by atoms with Gasteiger partial charge in [-0.25, -0.2) is 9.49 Å². The van der Waals surface area contributed by atoms with Gasteiger partial charge in [0.15, 0.2) is 0 Å². The number of nitrogens with zero attached hydrogens (tertiary/aromatic N) is 3. The lowest BCUT2D eigenvalue weighted by Gasteiger charge is -2.40. The third-order valence-electron chi connectivity index (χ3n) is 7.83. The fourth-order valence-corrected chi connectivity index (χ4v) is 5.31. The molecule has 0 radical (unpaired) electrons. The van der Waals surface area contributed by atoms with Crippen LogP contribution in [0.5, 0.6) is 0 Å². The van der Waals surface area contributed by atoms with Crippen molar-refractivity contribution in [2.45, 2.75) is 65.3 Å². The summed E-state index contributed by atoms with van der Waals surface area (Å²) in [5.74, 6) is -0.358. The summed E-state index contributed by atoms with van der Waals surface area (Å²) in [7, 11) is 0. The summed E-state index contributed by atoms with van der Waals surface area (Å²) >= 11 is 0. The predicted molar refractivity (Wildman–Crippen MR) is 140 cm³/mol. The molecule has 0 unspecified atom stereocenters. The van der Waals surface area contributed by atoms with Crippen LogP contribution in [0.25, 0.3) is 0 Å². The van der Waals surface area contributed by atoms with E-state index >= 15 is 0 Å². The van der Waals surface area contributed by atoms with Gasteiger partial charge in [-0.05, 0) is 62.4 Å². The number of aromatic amines is 1. The molecule has 1 saturated carbocycles. The highest BCUT2D eigenvalue weighted by Gasteiger charge is 2.44. The number of hydrogen-bond donors (Lipinski definition) is 2. The lowest BCUT2D eigenvalue weighted by molar-refractivity contribution is -0.139. The van der Waals surface area contributed by atoms with Gasteiger partial charge in [-0.3, -0.25) is 14.4 Å². The summed E-state index contributed by atoms with van der Waals surface area (Å²) in [5, 5.41) is 10.2. The number of hydrogen-bond acceptors (Lipinski definition) is 5. The van der Waals surface area contributed by atoms with Crippen LogP contribution < -0.4 is 10.9 Å². The van der Waals surface area contributed by atoms with Gasteiger partial charge in [0.2, 0.25) is 5.91 Å². The zero-order valence-electron chi connectivity index (χ0n) is 22.3. The Morgan fingerprint density at radius 3 is 2.38 bits per heavy atom. The maximum atomic E-state index is 14.7. The van der Waals surface area contributed by atoms with Crippen LogP contribution in [0.4, 0.5) is 4.39 Å². The van der Waals surface area contributed by atoms with E-state index in [0.717, 1.165) is 43.4 Å². The van der Waals surface area contributed by atoms with E-state index in [0.29, 0.717) is 49.8 Å². The van der Waals surface area contributed by atoms with Crippen molar-refractivity contribution in [1.29, 1.82) is 0 Å². The van der Waals surface area contributed by atoms with Crippen molar-refractivity contribution in [2.24, 2.45) is 5.92 Å². The number of amides is 2. The highest BCUT2D eigenvalue weighted by atomic mass is 19.1. The number of benzene rings is 1. The Balaban J connectivity index is 1.43. The Labute approximate surface area is 217 Å². The predicted octanol–water partition coefficient (Wildman–Crippen LogP) is 2.96. The molecule has 0 bridgehead atoms. The number of nitrogens with one attached hydrogen (secondary N) is 2. The molecule has 2 amide bonds. The first-order valence-corrected chi connectivity index (χ1v) is 13.3. The molecule has 1 aromatic heterocycles. The van der Waals surface area contributed by atoms with Gasteiger partial charge in [-0.1, -0.05) is 32.8 Å². The SMILES string of the molecule is Cc1c(Cc2ccc(F)c(C(=O)N3CCN(C(=O)C4(NCC(C)C)CCCC4)CC3)c2)n[nH]c(=O)c1C. The molecule has 2 fully saturated rings. The lowest BCUT2D eigenvalue weighted by Crippen LogP contribution is -2.61. The normalized spacial score (nSPS) is 17.5. The van der Waals surface area contributed by atoms with Gasteiger partial charge in [0, 0.05) is 38.2 Å². The van der Waals surface area contributed by atoms with E-state index in [4.69, 9.17) is 0 Å². The smallest absolute Gasteiger partial charge is 0.267 e. The highest BCUT2D eigenvalue weighted by molar-refractivity contribution is 5.95. The molecular weight excluding hydrogens is 473 g/mol. The van der Waals surface area contributed by atoms with Crippen LogP contribution >= 0.6 is 0 Å². The Kier molecular flexibility index (Phi) is 8.11. The van der Waals surface area contributed by atoms with Gasteiger partial charge in [0.25, 0.3) is 11.5 Å². The average molecular weight is 512 g/mol. The molecule has 4 rings (SSSR count). The molecule has 8 nitrogen and oxygen atoms in total. The molecule has 1 aliphatic heterocycles. The number of halogens is 1. The van der Waals surface area contributed by atoms with Crippen molar-refractivity contribution in [3.63, 3.8) is 0 Å². The van der Waals surface area contributed by atoms with E-state index in [1.165, 1.54) is 6.07 Å². The Hall–Kier alpha value is -3.07. The number of H-pyrrole nitrogens is 1. The Bertz CT molecular complexity index is 1210. The zero-order valence-corrected chi connectivity index (χ0v) is 22.3. The number of carbonyl (C=O) groups is 2. The van der Waals surface area contributed by atoms with Gasteiger partial charge >= 0.3 is 0 Å². The second-order valence-corrected chi connectivity index (χ2v) is 10.9. The minimum Gasteiger partial charge on any atom is -0.338 e. The largest absolute Gasteiger partial charge is 0.338 e. The summed E-state index contributed by atoms with van der Waals surface area (Å²) in [6.07, 6.45) is 4.15. The van der Waals surface area contributed by atoms with Crippen molar-refractivity contribution in [3.8, 4) is 0 Å². The van der Waals surface area contributed by atoms with Crippen molar-refractivity contribution >= 4 is 11.8 Å². The number of aromatic nitrogens is 2. The fourth-order valence-electron chi connectivity index (χ4n) is 5.31. The molecule has 0 spiro atoms. The monoisotopic (exact) mass is 511 g/mol. The Morgan fingerprint density at radius 2 is 1.73 bits per heavy atom. The first kappa shape index (κ1) is 27.0. The topological polar surface area (TPSA) is 98.4 Å². The van der Waals surface area contributed by atoms with Crippen molar-refractivity contribution < 1.29 is 14.0 Å². The zero-order chi connectivity index (χ0) is 26.7. The maximum absolute atomic E-state index is 14.7. The molecule has 9 heteroatoms. The van der Waals surface area contributed by atoms with E-state index in [9.17, 15) is 18.8 Å². The summed E-state index contributed by atoms with van der Waals surface area (Å²) < 4.78 is 14.7. The van der Waals surface area contributed by atoms with Gasteiger partial charge < -0.3 is 15.1 Å². The van der Waals surface area contributed by atoms with E-state index in [1.54, 1.807) is 24.0 Å². The van der Waals surface area contributed by atoms with Crippen LogP contribution in [-0.2, 0) is 11.2 Å². The van der Waals surface area contributed by atoms with Gasteiger partial charge in [0.05, 0.1) is 16.8 Å². The second-order valence-electron chi connectivity index (χ2n) is 10.9. The van der Waals surface area contributed by atoms with E-state index in [1.807, 2.05) is 11.8 Å². The first-order valence-electron chi connectivity index (χ1n) is 13.3. The van der Waals surface area contributed by atoms with Crippen LogP contribution in [0.2, 0.25) is 0 Å². The third-order valence-corrected chi connectivity index (χ3v) is 7.83. The molecule has 2 heterocycles. The lowest BCUT2D eigenvalue weighted by atomic mass is 9.94. The summed E-state index contributed by atoms with van der Waals surface area (Å²) in [6.45, 7) is 10.3. The first-order chi connectivity index (χ1) is 17.6. The fraction of sp³-hybridized carbons (Fsp3) is 0.571.